The maximum Gasteiger partial charge on any atom is 0.266 e. The van der Waals surface area contributed by atoms with E-state index in [-0.39, 0.29) is 17.5 Å². The molecule has 0 saturated heterocycles. The van der Waals surface area contributed by atoms with Gasteiger partial charge in [-0.15, -0.1) is 0 Å². The molecule has 0 spiro atoms. The summed E-state index contributed by atoms with van der Waals surface area (Å²) in [4.78, 5) is -0.492. The lowest BCUT2D eigenvalue weighted by atomic mass is 10.3. The van der Waals surface area contributed by atoms with E-state index in [1.165, 1.54) is 23.0 Å². The zero-order valence-electron chi connectivity index (χ0n) is 11.0. The molecule has 1 aromatic heterocycles. The van der Waals surface area contributed by atoms with Gasteiger partial charge in [-0.2, -0.15) is 5.10 Å². The Morgan fingerprint density at radius 1 is 1.35 bits per heavy atom. The lowest BCUT2D eigenvalue weighted by molar-refractivity contribution is 0.538. The predicted molar refractivity (Wildman–Crippen MR) is 74.2 cm³/mol. The minimum absolute atomic E-state index is 0.0339. The number of sulfonamides is 1. The van der Waals surface area contributed by atoms with Crippen molar-refractivity contribution in [1.82, 2.24) is 9.78 Å². The number of anilines is 2. The van der Waals surface area contributed by atoms with E-state index < -0.39 is 20.7 Å². The van der Waals surface area contributed by atoms with Crippen LogP contribution in [0.1, 0.15) is 19.9 Å². The molecule has 0 unspecified atom stereocenters. The highest BCUT2D eigenvalue weighted by Crippen LogP contribution is 2.22. The van der Waals surface area contributed by atoms with Crippen molar-refractivity contribution in [3.63, 3.8) is 0 Å². The van der Waals surface area contributed by atoms with E-state index in [0.717, 1.165) is 12.1 Å². The topological polar surface area (TPSA) is 90.0 Å². The second-order valence-electron chi connectivity index (χ2n) is 4.55. The molecule has 1 aromatic carbocycles. The zero-order valence-corrected chi connectivity index (χ0v) is 11.9. The standard InChI is InChI=1S/C12H15FN4O2S/c1-8(2)17-12(5-6-15-17)16-20(18,19)11-7-9(14)3-4-10(11)13/h3-8,16H,14H2,1-2H3. The van der Waals surface area contributed by atoms with Crippen LogP contribution in [0.2, 0.25) is 0 Å². The van der Waals surface area contributed by atoms with Gasteiger partial charge in [0.1, 0.15) is 16.5 Å². The van der Waals surface area contributed by atoms with E-state index in [4.69, 9.17) is 5.73 Å². The molecule has 0 saturated carbocycles. The molecule has 2 aromatic rings. The Morgan fingerprint density at radius 2 is 2.05 bits per heavy atom. The van der Waals surface area contributed by atoms with E-state index in [2.05, 4.69) is 9.82 Å². The third-order valence-electron chi connectivity index (χ3n) is 2.64. The van der Waals surface area contributed by atoms with Gasteiger partial charge in [0.15, 0.2) is 0 Å². The van der Waals surface area contributed by atoms with Gasteiger partial charge in [-0.3, -0.25) is 4.72 Å². The Hall–Kier alpha value is -2.09. The number of hydrogen-bond acceptors (Lipinski definition) is 4. The molecular weight excluding hydrogens is 283 g/mol. The summed E-state index contributed by atoms with van der Waals surface area (Å²) < 4.78 is 41.9. The molecule has 1 heterocycles. The van der Waals surface area contributed by atoms with E-state index >= 15 is 0 Å². The molecule has 0 bridgehead atoms. The summed E-state index contributed by atoms with van der Waals surface area (Å²) in [5.74, 6) is -0.593. The van der Waals surface area contributed by atoms with Crippen molar-refractivity contribution >= 4 is 21.5 Å². The molecule has 0 fully saturated rings. The molecule has 2 rings (SSSR count). The van der Waals surface area contributed by atoms with Crippen molar-refractivity contribution in [1.29, 1.82) is 0 Å². The first-order valence-corrected chi connectivity index (χ1v) is 7.41. The molecule has 8 heteroatoms. The first kappa shape index (κ1) is 14.3. The van der Waals surface area contributed by atoms with Gasteiger partial charge in [0.05, 0.1) is 6.20 Å². The Morgan fingerprint density at radius 3 is 2.70 bits per heavy atom. The van der Waals surface area contributed by atoms with Crippen LogP contribution >= 0.6 is 0 Å². The van der Waals surface area contributed by atoms with Gasteiger partial charge in [0.2, 0.25) is 0 Å². The lowest BCUT2D eigenvalue weighted by Crippen LogP contribution is -2.18. The van der Waals surface area contributed by atoms with Crippen molar-refractivity contribution < 1.29 is 12.8 Å². The van der Waals surface area contributed by atoms with Crippen molar-refractivity contribution in [3.05, 3.63) is 36.3 Å². The average molecular weight is 298 g/mol. The van der Waals surface area contributed by atoms with Gasteiger partial charge in [-0.25, -0.2) is 17.5 Å². The van der Waals surface area contributed by atoms with Crippen molar-refractivity contribution in [2.45, 2.75) is 24.8 Å². The summed E-state index contributed by atoms with van der Waals surface area (Å²) >= 11 is 0. The fraction of sp³-hybridized carbons (Fsp3) is 0.250. The molecule has 0 aliphatic carbocycles. The summed E-state index contributed by atoms with van der Waals surface area (Å²) in [6, 6.07) is 4.86. The largest absolute Gasteiger partial charge is 0.399 e. The maximum absolute atomic E-state index is 13.7. The molecule has 3 N–H and O–H groups in total. The van der Waals surface area contributed by atoms with Crippen LogP contribution in [-0.4, -0.2) is 18.2 Å². The van der Waals surface area contributed by atoms with E-state index in [1.807, 2.05) is 13.8 Å². The summed E-state index contributed by atoms with van der Waals surface area (Å²) in [7, 11) is -4.06. The number of nitrogens with two attached hydrogens (primary N) is 1. The Bertz CT molecular complexity index is 725. The van der Waals surface area contributed by atoms with Crippen molar-refractivity contribution in [3.8, 4) is 0 Å². The summed E-state index contributed by atoms with van der Waals surface area (Å²) in [6.07, 6.45) is 1.47. The maximum atomic E-state index is 13.7. The number of nitrogens with one attached hydrogen (secondary N) is 1. The van der Waals surface area contributed by atoms with Crippen molar-refractivity contribution in [2.24, 2.45) is 0 Å². The van der Waals surface area contributed by atoms with Gasteiger partial charge in [-0.1, -0.05) is 0 Å². The molecule has 0 aliphatic rings. The molecule has 108 valence electrons. The number of nitrogen functional groups attached to an aromatic ring is 1. The molecule has 0 amide bonds. The highest BCUT2D eigenvalue weighted by Gasteiger charge is 2.21. The highest BCUT2D eigenvalue weighted by molar-refractivity contribution is 7.92. The highest BCUT2D eigenvalue weighted by atomic mass is 32.2. The van der Waals surface area contributed by atoms with E-state index in [9.17, 15) is 12.8 Å². The Balaban J connectivity index is 2.41. The third-order valence-corrected chi connectivity index (χ3v) is 4.01. The lowest BCUT2D eigenvalue weighted by Gasteiger charge is -2.13. The minimum Gasteiger partial charge on any atom is -0.399 e. The number of halogens is 1. The van der Waals surface area contributed by atoms with E-state index in [0.29, 0.717) is 0 Å². The molecule has 0 radical (unpaired) electrons. The molecular formula is C12H15FN4O2S. The third kappa shape index (κ3) is 2.74. The van der Waals surface area contributed by atoms with Crippen LogP contribution in [0.15, 0.2) is 35.4 Å². The first-order valence-electron chi connectivity index (χ1n) is 5.92. The SMILES string of the molecule is CC(C)n1nccc1NS(=O)(=O)c1cc(N)ccc1F. The van der Waals surface area contributed by atoms with Crippen LogP contribution in [0.25, 0.3) is 0 Å². The number of aromatic nitrogens is 2. The van der Waals surface area contributed by atoms with E-state index in [1.54, 1.807) is 0 Å². The van der Waals surface area contributed by atoms with Gasteiger partial charge in [0, 0.05) is 17.8 Å². The molecule has 20 heavy (non-hydrogen) atoms. The molecule has 0 aliphatic heterocycles. The summed E-state index contributed by atoms with van der Waals surface area (Å²) in [5, 5.41) is 4.00. The quantitative estimate of drug-likeness (QED) is 0.845. The van der Waals surface area contributed by atoms with Gasteiger partial charge >= 0.3 is 0 Å². The van der Waals surface area contributed by atoms with Crippen LogP contribution in [0, 0.1) is 5.82 Å². The number of rotatable bonds is 4. The van der Waals surface area contributed by atoms with Gasteiger partial charge < -0.3 is 5.73 Å². The van der Waals surface area contributed by atoms with Gasteiger partial charge in [-0.05, 0) is 32.0 Å². The van der Waals surface area contributed by atoms with Crippen molar-refractivity contribution in [2.75, 3.05) is 10.5 Å². The number of hydrogen-bond donors (Lipinski definition) is 2. The number of benzene rings is 1. The van der Waals surface area contributed by atoms with Crippen LogP contribution in [-0.2, 0) is 10.0 Å². The molecule has 6 nitrogen and oxygen atoms in total. The molecule has 0 atom stereocenters. The fourth-order valence-electron chi connectivity index (χ4n) is 1.73. The van der Waals surface area contributed by atoms with Crippen LogP contribution in [0.4, 0.5) is 15.9 Å². The monoisotopic (exact) mass is 298 g/mol. The summed E-state index contributed by atoms with van der Waals surface area (Å²) in [5.41, 5.74) is 5.67. The van der Waals surface area contributed by atoms with Crippen LogP contribution in [0.5, 0.6) is 0 Å². The predicted octanol–water partition coefficient (Wildman–Crippen LogP) is 1.99. The first-order chi connectivity index (χ1) is 9.31. The summed E-state index contributed by atoms with van der Waals surface area (Å²) in [6.45, 7) is 3.71. The van der Waals surface area contributed by atoms with Crippen LogP contribution < -0.4 is 10.5 Å². The second-order valence-corrected chi connectivity index (χ2v) is 6.20. The average Bonchev–Trinajstić information content (AvgIpc) is 2.79. The minimum atomic E-state index is -4.06. The smallest absolute Gasteiger partial charge is 0.266 e. The van der Waals surface area contributed by atoms with Crippen LogP contribution in [0.3, 0.4) is 0 Å². The zero-order chi connectivity index (χ0) is 14.9. The Kier molecular flexibility index (Phi) is 3.67. The fourth-order valence-corrected chi connectivity index (χ4v) is 2.89. The normalized spacial score (nSPS) is 11.8. The number of nitrogens with zero attached hydrogens (tertiary/aromatic N) is 2. The Labute approximate surface area is 116 Å². The second kappa shape index (κ2) is 5.12. The van der Waals surface area contributed by atoms with Gasteiger partial charge in [0.25, 0.3) is 10.0 Å².